The zero-order valence-electron chi connectivity index (χ0n) is 16.0. The predicted molar refractivity (Wildman–Crippen MR) is 111 cm³/mol. The quantitative estimate of drug-likeness (QED) is 0.483. The molecule has 3 rings (SSSR count). The van der Waals surface area contributed by atoms with E-state index in [0.717, 1.165) is 34.5 Å². The Hall–Kier alpha value is -2.67. The number of aromatic nitrogens is 3. The van der Waals surface area contributed by atoms with E-state index in [9.17, 15) is 0 Å². The van der Waals surface area contributed by atoms with Crippen molar-refractivity contribution in [2.24, 2.45) is 4.99 Å². The molecule has 0 aliphatic heterocycles. The Morgan fingerprint density at radius 3 is 2.74 bits per heavy atom. The first-order chi connectivity index (χ1) is 13.2. The van der Waals surface area contributed by atoms with Crippen molar-refractivity contribution >= 4 is 17.3 Å². The van der Waals surface area contributed by atoms with Crippen molar-refractivity contribution in [1.29, 1.82) is 0 Å². The molecule has 2 heterocycles. The number of guanidine groups is 1. The standard InChI is InChI=1S/C20H26N6S/c1-4-21-20(23-12-19-25-18(14-27-19)15(2)3)22-10-16-11-24-26(13-16)17-8-6-5-7-9-17/h5-9,11,13-15H,4,10,12H2,1-3H3,(H2,21,22,23). The summed E-state index contributed by atoms with van der Waals surface area (Å²) in [4.78, 5) is 9.32. The van der Waals surface area contributed by atoms with Gasteiger partial charge in [0.2, 0.25) is 0 Å². The van der Waals surface area contributed by atoms with Gasteiger partial charge in [0.25, 0.3) is 0 Å². The summed E-state index contributed by atoms with van der Waals surface area (Å²) in [6.07, 6.45) is 3.87. The number of hydrogen-bond donors (Lipinski definition) is 2. The van der Waals surface area contributed by atoms with Crippen molar-refractivity contribution in [1.82, 2.24) is 25.4 Å². The molecule has 0 fully saturated rings. The number of nitrogens with zero attached hydrogens (tertiary/aromatic N) is 4. The molecular weight excluding hydrogens is 356 g/mol. The van der Waals surface area contributed by atoms with Crippen molar-refractivity contribution in [3.05, 3.63) is 64.4 Å². The second-order valence-corrected chi connectivity index (χ2v) is 7.44. The van der Waals surface area contributed by atoms with Gasteiger partial charge in [-0.3, -0.25) is 0 Å². The number of thiazole rings is 1. The minimum atomic E-state index is 0.457. The van der Waals surface area contributed by atoms with E-state index >= 15 is 0 Å². The van der Waals surface area contributed by atoms with E-state index in [1.807, 2.05) is 47.4 Å². The average Bonchev–Trinajstić information content (AvgIpc) is 3.34. The van der Waals surface area contributed by atoms with E-state index in [1.165, 1.54) is 0 Å². The molecule has 0 unspecified atom stereocenters. The summed E-state index contributed by atoms with van der Waals surface area (Å²) in [5.41, 5.74) is 3.25. The Labute approximate surface area is 164 Å². The van der Waals surface area contributed by atoms with E-state index in [-0.39, 0.29) is 0 Å². The molecule has 0 bridgehead atoms. The summed E-state index contributed by atoms with van der Waals surface area (Å²) in [5.74, 6) is 1.24. The maximum Gasteiger partial charge on any atom is 0.191 e. The molecule has 0 radical (unpaired) electrons. The van der Waals surface area contributed by atoms with Gasteiger partial charge < -0.3 is 10.6 Å². The molecule has 2 aromatic heterocycles. The summed E-state index contributed by atoms with van der Waals surface area (Å²) >= 11 is 1.68. The smallest absolute Gasteiger partial charge is 0.191 e. The third-order valence-electron chi connectivity index (χ3n) is 3.99. The molecule has 1 aromatic carbocycles. The SMILES string of the molecule is CCNC(=NCc1cnn(-c2ccccc2)c1)NCc1nc(C(C)C)cs1. The highest BCUT2D eigenvalue weighted by Crippen LogP contribution is 2.17. The molecule has 0 saturated carbocycles. The van der Waals surface area contributed by atoms with E-state index in [4.69, 9.17) is 0 Å². The van der Waals surface area contributed by atoms with E-state index in [1.54, 1.807) is 11.3 Å². The van der Waals surface area contributed by atoms with Gasteiger partial charge in [0, 0.05) is 23.7 Å². The molecule has 6 nitrogen and oxygen atoms in total. The highest BCUT2D eigenvalue weighted by atomic mass is 32.1. The van der Waals surface area contributed by atoms with Gasteiger partial charge in [0.15, 0.2) is 5.96 Å². The maximum absolute atomic E-state index is 4.67. The molecule has 0 aliphatic rings. The molecule has 7 heteroatoms. The Morgan fingerprint density at radius 2 is 2.04 bits per heavy atom. The number of hydrogen-bond acceptors (Lipinski definition) is 4. The van der Waals surface area contributed by atoms with Crippen LogP contribution in [0.1, 0.15) is 43.0 Å². The molecule has 3 aromatic rings. The van der Waals surface area contributed by atoms with Crippen LogP contribution in [0, 0.1) is 0 Å². The van der Waals surface area contributed by atoms with Crippen LogP contribution in [0.4, 0.5) is 0 Å². The van der Waals surface area contributed by atoms with Gasteiger partial charge in [-0.25, -0.2) is 14.7 Å². The lowest BCUT2D eigenvalue weighted by Crippen LogP contribution is -2.36. The second-order valence-electron chi connectivity index (χ2n) is 6.50. The Morgan fingerprint density at radius 1 is 1.22 bits per heavy atom. The van der Waals surface area contributed by atoms with Crippen molar-refractivity contribution in [3.8, 4) is 5.69 Å². The van der Waals surface area contributed by atoms with Gasteiger partial charge in [0.05, 0.1) is 30.7 Å². The molecule has 0 atom stereocenters. The predicted octanol–water partition coefficient (Wildman–Crippen LogP) is 3.71. The van der Waals surface area contributed by atoms with Crippen LogP contribution >= 0.6 is 11.3 Å². The molecule has 27 heavy (non-hydrogen) atoms. The van der Waals surface area contributed by atoms with Crippen molar-refractivity contribution in [3.63, 3.8) is 0 Å². The van der Waals surface area contributed by atoms with Crippen LogP contribution in [-0.4, -0.2) is 27.3 Å². The molecular formula is C20H26N6S. The minimum absolute atomic E-state index is 0.457. The van der Waals surface area contributed by atoms with Crippen LogP contribution in [-0.2, 0) is 13.1 Å². The molecule has 0 spiro atoms. The van der Waals surface area contributed by atoms with Gasteiger partial charge in [-0.15, -0.1) is 11.3 Å². The van der Waals surface area contributed by atoms with Gasteiger partial charge in [-0.1, -0.05) is 32.0 Å². The first-order valence-corrected chi connectivity index (χ1v) is 10.1. The van der Waals surface area contributed by atoms with Crippen molar-refractivity contribution < 1.29 is 0 Å². The van der Waals surface area contributed by atoms with E-state index in [0.29, 0.717) is 19.0 Å². The van der Waals surface area contributed by atoms with Crippen LogP contribution in [0.15, 0.2) is 53.1 Å². The lowest BCUT2D eigenvalue weighted by atomic mass is 10.2. The fraction of sp³-hybridized carbons (Fsp3) is 0.350. The minimum Gasteiger partial charge on any atom is -0.357 e. The normalized spacial score (nSPS) is 11.8. The average molecular weight is 383 g/mol. The number of benzene rings is 1. The van der Waals surface area contributed by atoms with Gasteiger partial charge in [-0.2, -0.15) is 5.10 Å². The van der Waals surface area contributed by atoms with E-state index < -0.39 is 0 Å². The number of para-hydroxylation sites is 1. The lowest BCUT2D eigenvalue weighted by Gasteiger charge is -2.09. The molecule has 0 aliphatic carbocycles. The highest BCUT2D eigenvalue weighted by molar-refractivity contribution is 7.09. The van der Waals surface area contributed by atoms with Crippen LogP contribution in [0.2, 0.25) is 0 Å². The van der Waals surface area contributed by atoms with Crippen LogP contribution in [0.3, 0.4) is 0 Å². The third-order valence-corrected chi connectivity index (χ3v) is 4.86. The number of nitrogens with one attached hydrogen (secondary N) is 2. The first-order valence-electron chi connectivity index (χ1n) is 9.21. The Balaban J connectivity index is 1.61. The van der Waals surface area contributed by atoms with Crippen molar-refractivity contribution in [2.75, 3.05) is 6.54 Å². The molecule has 142 valence electrons. The summed E-state index contributed by atoms with van der Waals surface area (Å²) in [5, 5.41) is 14.3. The molecule has 0 amide bonds. The molecule has 2 N–H and O–H groups in total. The first kappa shape index (κ1) is 19.1. The molecule has 0 saturated heterocycles. The van der Waals surface area contributed by atoms with Crippen LogP contribution < -0.4 is 10.6 Å². The summed E-state index contributed by atoms with van der Waals surface area (Å²) in [6.45, 7) is 8.43. The summed E-state index contributed by atoms with van der Waals surface area (Å²) < 4.78 is 1.87. The number of aliphatic imine (C=N–C) groups is 1. The zero-order chi connectivity index (χ0) is 19.1. The summed E-state index contributed by atoms with van der Waals surface area (Å²) in [7, 11) is 0. The Bertz CT molecular complexity index is 865. The Kier molecular flexibility index (Phi) is 6.59. The van der Waals surface area contributed by atoms with Gasteiger partial charge in [-0.05, 0) is 25.0 Å². The zero-order valence-corrected chi connectivity index (χ0v) is 16.8. The monoisotopic (exact) mass is 382 g/mol. The second kappa shape index (κ2) is 9.32. The number of rotatable bonds is 7. The van der Waals surface area contributed by atoms with Crippen LogP contribution in [0.5, 0.6) is 0 Å². The summed E-state index contributed by atoms with van der Waals surface area (Å²) in [6, 6.07) is 10.1. The van der Waals surface area contributed by atoms with Gasteiger partial charge in [0.1, 0.15) is 5.01 Å². The lowest BCUT2D eigenvalue weighted by molar-refractivity contribution is 0.788. The van der Waals surface area contributed by atoms with E-state index in [2.05, 4.69) is 51.9 Å². The fourth-order valence-electron chi connectivity index (χ4n) is 2.51. The van der Waals surface area contributed by atoms with Gasteiger partial charge >= 0.3 is 0 Å². The largest absolute Gasteiger partial charge is 0.357 e. The highest BCUT2D eigenvalue weighted by Gasteiger charge is 2.07. The van der Waals surface area contributed by atoms with Crippen molar-refractivity contribution in [2.45, 2.75) is 39.8 Å². The fourth-order valence-corrected chi connectivity index (χ4v) is 3.40. The third kappa shape index (κ3) is 5.40. The maximum atomic E-state index is 4.67. The topological polar surface area (TPSA) is 67.1 Å². The van der Waals surface area contributed by atoms with Crippen LogP contribution in [0.25, 0.3) is 5.69 Å².